The molecule has 0 aromatic carbocycles. The highest BCUT2D eigenvalue weighted by Crippen LogP contribution is 2.44. The number of hydrogen-bond donors (Lipinski definition) is 6. The lowest BCUT2D eigenvalue weighted by molar-refractivity contribution is -0.131. The largest absolute Gasteiger partial charge is 0.477 e. The predicted octanol–water partition coefficient (Wildman–Crippen LogP) is 9.99. The van der Waals surface area contributed by atoms with Gasteiger partial charge in [-0.25, -0.2) is 58.0 Å². The van der Waals surface area contributed by atoms with Gasteiger partial charge < -0.3 is 62.1 Å². The van der Waals surface area contributed by atoms with E-state index in [-0.39, 0.29) is 37.4 Å². The van der Waals surface area contributed by atoms with Crippen molar-refractivity contribution in [1.82, 2.24) is 88.9 Å². The highest BCUT2D eigenvalue weighted by atomic mass is 19.1. The fourth-order valence-corrected chi connectivity index (χ4v) is 14.3. The van der Waals surface area contributed by atoms with Crippen LogP contribution in [0.1, 0.15) is 88.2 Å². The summed E-state index contributed by atoms with van der Waals surface area (Å²) in [5.41, 5.74) is 29.3. The van der Waals surface area contributed by atoms with Crippen molar-refractivity contribution in [2.75, 3.05) is 93.7 Å². The maximum atomic E-state index is 14.7. The first kappa shape index (κ1) is 69.5. The van der Waals surface area contributed by atoms with Crippen LogP contribution in [0, 0.1) is 20.8 Å². The minimum atomic E-state index is -1.13. The first-order chi connectivity index (χ1) is 52.1. The maximum Gasteiger partial charge on any atom is 0.244 e. The van der Waals surface area contributed by atoms with Gasteiger partial charge in [-0.05, 0) is 90.0 Å². The van der Waals surface area contributed by atoms with Gasteiger partial charge >= 0.3 is 0 Å². The molecule has 108 heavy (non-hydrogen) atoms. The van der Waals surface area contributed by atoms with Gasteiger partial charge in [0, 0.05) is 185 Å². The van der Waals surface area contributed by atoms with Crippen LogP contribution in [0.15, 0.2) is 91.8 Å². The molecule has 0 saturated heterocycles. The second kappa shape index (κ2) is 28.2. The zero-order valence-electron chi connectivity index (χ0n) is 59.9. The van der Waals surface area contributed by atoms with E-state index in [0.29, 0.717) is 195 Å². The Morgan fingerprint density at radius 1 is 0.398 bits per heavy atom. The van der Waals surface area contributed by atoms with Crippen LogP contribution in [0.25, 0.3) is 66.1 Å². The molecule has 3 atom stereocenters. The van der Waals surface area contributed by atoms with Gasteiger partial charge in [0.25, 0.3) is 0 Å². The SMILES string of the molecule is Cc1c(-c2cc3cc(Nc4cc5n(n4)CC(=O)N(C)CC5)ncc3c(N)n2)cnc2c1C(F)CCO2.Cc1c(-c2cc3cc(Nc4cc5n(n4)CC(=O)N(C)CC5)ncc3c(N)n2)cnc2c1[C@@H](F)CCO2.Cc1c(-c2cc3cc(Nc4cc5n(n4)CC(=O)N(C)CC5)ncc3c(N)n2)cnc2c1[C@H](F)CCO2. The number of likely N-dealkylation sites (N-methyl/N-ethyl adjacent to an activating group) is 3. The van der Waals surface area contributed by atoms with Crippen molar-refractivity contribution in [2.24, 2.45) is 0 Å². The van der Waals surface area contributed by atoms with Crippen LogP contribution in [0.2, 0.25) is 0 Å². The average molecular weight is 1470 g/mol. The van der Waals surface area contributed by atoms with E-state index in [1.165, 1.54) is 0 Å². The van der Waals surface area contributed by atoms with E-state index in [9.17, 15) is 27.6 Å². The Bertz CT molecular complexity index is 5090. The fraction of sp³-hybridized carbons (Fsp3) is 0.320. The molecule has 552 valence electrons. The summed E-state index contributed by atoms with van der Waals surface area (Å²) in [5.74, 6) is 5.63. The zero-order valence-corrected chi connectivity index (χ0v) is 59.9. The first-order valence-corrected chi connectivity index (χ1v) is 35.3. The number of fused-ring (bicyclic) bond motifs is 9. The summed E-state index contributed by atoms with van der Waals surface area (Å²) in [6.45, 7) is 9.09. The Balaban J connectivity index is 0.000000124. The van der Waals surface area contributed by atoms with Gasteiger partial charge in [0.1, 0.15) is 73.1 Å². The van der Waals surface area contributed by atoms with Crippen molar-refractivity contribution in [1.29, 1.82) is 0 Å². The average Bonchev–Trinajstić information content (AvgIpc) is 1.59. The van der Waals surface area contributed by atoms with Gasteiger partial charge in [-0.2, -0.15) is 15.3 Å². The molecule has 3 amide bonds. The number of rotatable bonds is 9. The van der Waals surface area contributed by atoms with Crippen LogP contribution in [0.5, 0.6) is 17.6 Å². The lowest BCUT2D eigenvalue weighted by Gasteiger charge is -2.22. The second-order valence-electron chi connectivity index (χ2n) is 27.5. The van der Waals surface area contributed by atoms with Gasteiger partial charge in [0.15, 0.2) is 17.5 Å². The summed E-state index contributed by atoms with van der Waals surface area (Å²) in [7, 11) is 5.40. The molecule has 12 aromatic rings. The van der Waals surface area contributed by atoms with E-state index in [1.54, 1.807) is 87.1 Å². The van der Waals surface area contributed by atoms with Crippen LogP contribution in [-0.2, 0) is 53.3 Å². The number of ether oxygens (including phenoxy) is 3. The lowest BCUT2D eigenvalue weighted by Crippen LogP contribution is -2.29. The number of nitrogens with one attached hydrogen (secondary N) is 3. The topological polar surface area (TPSA) is 372 Å². The number of aromatic nitrogens is 15. The maximum absolute atomic E-state index is 14.7. The van der Waals surface area contributed by atoms with Crippen LogP contribution in [0.3, 0.4) is 0 Å². The number of nitrogens with two attached hydrogens (primary N) is 3. The van der Waals surface area contributed by atoms with Crippen LogP contribution >= 0.6 is 0 Å². The van der Waals surface area contributed by atoms with E-state index in [0.717, 1.165) is 69.2 Å². The summed E-state index contributed by atoms with van der Waals surface area (Å²) in [4.78, 5) is 81.7. The Morgan fingerprint density at radius 2 is 0.685 bits per heavy atom. The van der Waals surface area contributed by atoms with Crippen molar-refractivity contribution in [3.8, 4) is 51.4 Å². The quantitative estimate of drug-likeness (QED) is 0.0782. The van der Waals surface area contributed by atoms with E-state index < -0.39 is 18.5 Å². The Labute approximate surface area is 615 Å². The molecule has 0 saturated carbocycles. The zero-order chi connectivity index (χ0) is 74.9. The number of amides is 3. The van der Waals surface area contributed by atoms with Gasteiger partial charge in [-0.1, -0.05) is 0 Å². The molecule has 1 unspecified atom stereocenters. The summed E-state index contributed by atoms with van der Waals surface area (Å²) in [6, 6.07) is 17.1. The van der Waals surface area contributed by atoms with Crippen molar-refractivity contribution >= 4 is 102 Å². The number of halogens is 3. The molecule has 12 aromatic heterocycles. The lowest BCUT2D eigenvalue weighted by atomic mass is 9.96. The number of hydrogen-bond acceptors (Lipinski definition) is 24. The molecule has 6 aliphatic heterocycles. The van der Waals surface area contributed by atoms with Gasteiger partial charge in [-0.3, -0.25) is 28.4 Å². The van der Waals surface area contributed by atoms with E-state index in [1.807, 2.05) is 75.4 Å². The highest BCUT2D eigenvalue weighted by molar-refractivity contribution is 5.97. The monoisotopic (exact) mass is 1460 g/mol. The molecule has 30 nitrogen and oxygen atoms in total. The molecule has 0 aliphatic carbocycles. The normalized spacial score (nSPS) is 17.4. The molecule has 9 N–H and O–H groups in total. The van der Waals surface area contributed by atoms with Crippen LogP contribution in [0.4, 0.5) is 65.5 Å². The third-order valence-corrected chi connectivity index (χ3v) is 20.5. The number of nitrogens with zero attached hydrogens (tertiary/aromatic N) is 18. The molecule has 0 fully saturated rings. The molecule has 33 heteroatoms. The van der Waals surface area contributed by atoms with Crippen molar-refractivity contribution in [2.45, 2.75) is 97.4 Å². The van der Waals surface area contributed by atoms with Crippen LogP contribution in [-0.4, -0.2) is 167 Å². The molecular weight excluding hydrogens is 1390 g/mol. The summed E-state index contributed by atoms with van der Waals surface area (Å²) in [5, 5.41) is 27.9. The first-order valence-electron chi connectivity index (χ1n) is 35.3. The smallest absolute Gasteiger partial charge is 0.244 e. The van der Waals surface area contributed by atoms with Crippen molar-refractivity contribution in [3.63, 3.8) is 0 Å². The van der Waals surface area contributed by atoms with Gasteiger partial charge in [-0.15, -0.1) is 0 Å². The molecule has 0 radical (unpaired) electrons. The molecule has 0 bridgehead atoms. The number of alkyl halides is 3. The van der Waals surface area contributed by atoms with Crippen molar-refractivity contribution in [3.05, 3.63) is 142 Å². The van der Waals surface area contributed by atoms with Gasteiger partial charge in [0.2, 0.25) is 35.4 Å². The second-order valence-corrected chi connectivity index (χ2v) is 27.5. The standard InChI is InChI=1S/3C25H25FN8O2/c3*1-13-16(10-29-25-23(13)18(26)4-6-36-25)19-7-14-8-20(28-11-17(14)24(27)30-19)31-21-9-15-3-5-33(2)22(35)12-34(15)32-21/h3*7-11,18H,3-6,12H2,1-2H3,(H2,27,30)(H,28,31,32)/t2*18-;/m10./s1. The Morgan fingerprint density at radius 3 is 0.972 bits per heavy atom. The Hall–Kier alpha value is -12.8. The van der Waals surface area contributed by atoms with Crippen molar-refractivity contribution < 1.29 is 41.8 Å². The van der Waals surface area contributed by atoms with E-state index in [2.05, 4.69) is 76.1 Å². The number of anilines is 9. The highest BCUT2D eigenvalue weighted by Gasteiger charge is 2.31. The molecular formula is C75H75F3N24O6. The molecule has 18 rings (SSSR count). The summed E-state index contributed by atoms with van der Waals surface area (Å²) >= 11 is 0. The molecule has 0 spiro atoms. The fourth-order valence-electron chi connectivity index (χ4n) is 14.3. The third kappa shape index (κ3) is 13.5. The molecule has 6 aliphatic rings. The van der Waals surface area contributed by atoms with E-state index >= 15 is 0 Å². The van der Waals surface area contributed by atoms with Crippen LogP contribution < -0.4 is 47.4 Å². The number of carbonyl (C=O) groups is 3. The minimum Gasteiger partial charge on any atom is -0.477 e. The Kier molecular flexibility index (Phi) is 18.2. The number of pyridine rings is 9. The summed E-state index contributed by atoms with van der Waals surface area (Å²) < 4.78 is 65.8. The number of carbonyl (C=O) groups excluding carboxylic acids is 3. The molecule has 18 heterocycles. The number of nitrogen functional groups attached to an aromatic ring is 3. The van der Waals surface area contributed by atoms with E-state index in [4.69, 9.17) is 31.4 Å². The third-order valence-electron chi connectivity index (χ3n) is 20.5. The minimum absolute atomic E-state index is 0.0281. The summed E-state index contributed by atoms with van der Waals surface area (Å²) in [6.07, 6.45) is 9.64. The predicted molar refractivity (Wildman–Crippen MR) is 398 cm³/mol. The van der Waals surface area contributed by atoms with Gasteiger partial charge in [0.05, 0.1) is 53.6 Å².